The number of hydrogen-bond acceptors (Lipinski definition) is 14. The highest BCUT2D eigenvalue weighted by atomic mass is 16.8. The van der Waals surface area contributed by atoms with Crippen LogP contribution < -0.4 is 15.0 Å². The van der Waals surface area contributed by atoms with E-state index in [-0.39, 0.29) is 30.6 Å². The summed E-state index contributed by atoms with van der Waals surface area (Å²) >= 11 is 0. The molecule has 6 rings (SSSR count). The highest BCUT2D eigenvalue weighted by molar-refractivity contribution is 5.97. The number of anilines is 1. The number of nitrogens with zero attached hydrogens (tertiary/aromatic N) is 6. The van der Waals surface area contributed by atoms with Gasteiger partial charge in [-0.25, -0.2) is 29.1 Å². The van der Waals surface area contributed by atoms with Gasteiger partial charge < -0.3 is 52.8 Å². The van der Waals surface area contributed by atoms with Gasteiger partial charge >= 0.3 is 24.2 Å². The van der Waals surface area contributed by atoms with Crippen LogP contribution in [0.4, 0.5) is 20.2 Å². The number of rotatable bonds is 18. The van der Waals surface area contributed by atoms with E-state index in [4.69, 9.17) is 38.1 Å². The van der Waals surface area contributed by atoms with E-state index in [2.05, 4.69) is 19.8 Å². The Kier molecular flexibility index (Phi) is 18.0. The zero-order valence-electron chi connectivity index (χ0n) is 46.4. The molecule has 2 fully saturated rings. The van der Waals surface area contributed by atoms with Gasteiger partial charge in [-0.15, -0.1) is 0 Å². The molecule has 2 aromatic carbocycles. The second-order valence-electron chi connectivity index (χ2n) is 23.8. The van der Waals surface area contributed by atoms with E-state index in [0.29, 0.717) is 74.6 Å². The van der Waals surface area contributed by atoms with Crippen LogP contribution in [0.3, 0.4) is 0 Å². The van der Waals surface area contributed by atoms with Crippen LogP contribution in [-0.4, -0.2) is 135 Å². The summed E-state index contributed by atoms with van der Waals surface area (Å²) in [6.45, 7) is 27.7. The van der Waals surface area contributed by atoms with Crippen molar-refractivity contribution in [2.45, 2.75) is 175 Å². The number of nitrogens with one attached hydrogen (secondary N) is 1. The molecule has 1 saturated carbocycles. The standard InChI is InChI=1S/C56H81N7O11/c1-52(2,3)71-48(64)42(59-49(65)72-53(4,5)6)28-31-61(29-19-30-62(51(67)74-55(10,11)12)32-26-37-22-24-40(25-23-37)68-39-20-17-16-18-21-39)35-38-34-43(45-44(38)69-56(13,14)70-45)63-33-27-41-46(57-36-58-47(41)63)60(15)50(66)73-54(7,8)9/h16-18,20-25,27,33,36,38,42-45H,19,26,28-32,34-35H2,1-15H3,(H,59,65)/t38-,42+,43?,44-,45+/m1/s1. The number of fused-ring (bicyclic) bond motifs is 2. The van der Waals surface area contributed by atoms with Gasteiger partial charge in [-0.2, -0.15) is 0 Å². The molecule has 0 radical (unpaired) electrons. The number of carbonyl (C=O) groups excluding carboxylic acids is 4. The molecule has 3 amide bonds. The molecule has 1 unspecified atom stereocenters. The first-order valence-corrected chi connectivity index (χ1v) is 25.8. The molecule has 18 heteroatoms. The predicted octanol–water partition coefficient (Wildman–Crippen LogP) is 10.5. The lowest BCUT2D eigenvalue weighted by Gasteiger charge is -2.32. The normalized spacial score (nSPS) is 19.1. The van der Waals surface area contributed by atoms with Gasteiger partial charge in [-0.05, 0) is 165 Å². The fourth-order valence-electron chi connectivity index (χ4n) is 9.15. The first-order chi connectivity index (χ1) is 34.4. The Balaban J connectivity index is 1.26. The molecule has 4 aromatic rings. The van der Waals surface area contributed by atoms with Crippen LogP contribution in [0, 0.1) is 5.92 Å². The number of para-hydroxylation sites is 1. The Bertz CT molecular complexity index is 2520. The Hall–Kier alpha value is -5.98. The average molecular weight is 1030 g/mol. The van der Waals surface area contributed by atoms with Gasteiger partial charge in [0.15, 0.2) is 11.6 Å². The van der Waals surface area contributed by atoms with E-state index in [1.807, 2.05) is 122 Å². The SMILES string of the molecule is CN(C(=O)OC(C)(C)C)c1ncnc2c1ccn2C1C[C@H](CN(CCCN(CCc2ccc(Oc3ccccc3)cc2)C(=O)OC(C)(C)C)CC[C@H](NC(=O)OC(C)(C)C)C(=O)OC(C)(C)C)[C@H]2OC(C)(C)O[C@@H]12. The Morgan fingerprint density at radius 1 is 0.730 bits per heavy atom. The lowest BCUT2D eigenvalue weighted by molar-refractivity contribution is -0.161. The minimum absolute atomic E-state index is 0.0791. The van der Waals surface area contributed by atoms with Crippen molar-refractivity contribution in [3.8, 4) is 11.5 Å². The maximum Gasteiger partial charge on any atom is 0.415 e. The Labute approximate surface area is 437 Å². The highest BCUT2D eigenvalue weighted by Crippen LogP contribution is 2.48. The van der Waals surface area contributed by atoms with E-state index in [1.54, 1.807) is 53.5 Å². The Morgan fingerprint density at radius 2 is 1.34 bits per heavy atom. The Morgan fingerprint density at radius 3 is 1.97 bits per heavy atom. The maximum absolute atomic E-state index is 13.9. The lowest BCUT2D eigenvalue weighted by atomic mass is 10.0. The van der Waals surface area contributed by atoms with Crippen molar-refractivity contribution < 1.29 is 52.3 Å². The second-order valence-corrected chi connectivity index (χ2v) is 23.8. The van der Waals surface area contributed by atoms with Gasteiger partial charge in [0.05, 0.1) is 17.5 Å². The van der Waals surface area contributed by atoms with Gasteiger partial charge in [-0.1, -0.05) is 30.3 Å². The van der Waals surface area contributed by atoms with Gasteiger partial charge in [0.2, 0.25) is 0 Å². The van der Waals surface area contributed by atoms with Crippen molar-refractivity contribution in [2.75, 3.05) is 44.7 Å². The number of benzene rings is 2. The number of ether oxygens (including phenoxy) is 7. The summed E-state index contributed by atoms with van der Waals surface area (Å²) in [5.41, 5.74) is -1.36. The van der Waals surface area contributed by atoms with Crippen LogP contribution in [0.2, 0.25) is 0 Å². The predicted molar refractivity (Wildman–Crippen MR) is 282 cm³/mol. The third-order valence-corrected chi connectivity index (χ3v) is 12.1. The van der Waals surface area contributed by atoms with Crippen LogP contribution in [0.15, 0.2) is 73.2 Å². The quantitative estimate of drug-likeness (QED) is 0.0733. The summed E-state index contributed by atoms with van der Waals surface area (Å²) in [6, 6.07) is 18.1. The van der Waals surface area contributed by atoms with Crippen LogP contribution in [0.1, 0.15) is 128 Å². The number of carbonyl (C=O) groups is 4. The molecule has 1 saturated heterocycles. The van der Waals surface area contributed by atoms with E-state index in [0.717, 1.165) is 11.3 Å². The zero-order valence-corrected chi connectivity index (χ0v) is 46.4. The first-order valence-electron chi connectivity index (χ1n) is 25.8. The molecule has 1 aliphatic carbocycles. The molecule has 2 aromatic heterocycles. The third-order valence-electron chi connectivity index (χ3n) is 12.1. The summed E-state index contributed by atoms with van der Waals surface area (Å²) in [6.07, 6.45) is 3.01. The van der Waals surface area contributed by atoms with Crippen LogP contribution in [0.5, 0.6) is 11.5 Å². The number of aromatic nitrogens is 3. The molecular weight excluding hydrogens is 947 g/mol. The molecule has 3 heterocycles. The topological polar surface area (TPSA) is 185 Å². The molecular formula is C56H81N7O11. The highest BCUT2D eigenvalue weighted by Gasteiger charge is 2.55. The smallest absolute Gasteiger partial charge is 0.415 e. The molecule has 2 aliphatic rings. The minimum atomic E-state index is -1.03. The number of hydrogen-bond donors (Lipinski definition) is 1. The van der Waals surface area contributed by atoms with Crippen molar-refractivity contribution in [2.24, 2.45) is 5.92 Å². The largest absolute Gasteiger partial charge is 0.458 e. The fraction of sp³-hybridized carbons (Fsp3) is 0.607. The number of alkyl carbamates (subject to hydrolysis) is 1. The summed E-state index contributed by atoms with van der Waals surface area (Å²) in [5, 5.41) is 3.47. The molecule has 1 N–H and O–H groups in total. The van der Waals surface area contributed by atoms with Gasteiger partial charge in [0.25, 0.3) is 0 Å². The van der Waals surface area contributed by atoms with Crippen molar-refractivity contribution >= 4 is 41.1 Å². The van der Waals surface area contributed by atoms with Crippen LogP contribution in [0.25, 0.3) is 11.0 Å². The molecule has 0 bridgehead atoms. The summed E-state index contributed by atoms with van der Waals surface area (Å²) < 4.78 is 44.5. The van der Waals surface area contributed by atoms with Gasteiger partial charge in [-0.3, -0.25) is 4.90 Å². The zero-order chi connectivity index (χ0) is 54.4. The first kappa shape index (κ1) is 57.3. The molecule has 0 spiro atoms. The minimum Gasteiger partial charge on any atom is -0.458 e. The van der Waals surface area contributed by atoms with Crippen molar-refractivity contribution in [3.05, 3.63) is 78.8 Å². The van der Waals surface area contributed by atoms with E-state index in [9.17, 15) is 19.2 Å². The average Bonchev–Trinajstić information content (AvgIpc) is 3.94. The molecule has 406 valence electrons. The van der Waals surface area contributed by atoms with E-state index < -0.39 is 58.5 Å². The molecule has 74 heavy (non-hydrogen) atoms. The van der Waals surface area contributed by atoms with Crippen LogP contribution >= 0.6 is 0 Å². The van der Waals surface area contributed by atoms with Gasteiger partial charge in [0, 0.05) is 45.3 Å². The molecule has 18 nitrogen and oxygen atoms in total. The fourth-order valence-corrected chi connectivity index (χ4v) is 9.15. The van der Waals surface area contributed by atoms with Crippen molar-refractivity contribution in [1.29, 1.82) is 0 Å². The lowest BCUT2D eigenvalue weighted by Crippen LogP contribution is -2.48. The third kappa shape index (κ3) is 16.8. The van der Waals surface area contributed by atoms with Crippen molar-refractivity contribution in [3.63, 3.8) is 0 Å². The summed E-state index contributed by atoms with van der Waals surface area (Å²) in [4.78, 5) is 68.7. The van der Waals surface area contributed by atoms with E-state index in [1.165, 1.54) is 11.2 Å². The second kappa shape index (κ2) is 23.3. The molecule has 1 aliphatic heterocycles. The monoisotopic (exact) mass is 1030 g/mol. The van der Waals surface area contributed by atoms with Gasteiger partial charge in [0.1, 0.15) is 58.0 Å². The molecule has 5 atom stereocenters. The van der Waals surface area contributed by atoms with E-state index >= 15 is 0 Å². The van der Waals surface area contributed by atoms with Crippen molar-refractivity contribution in [1.82, 2.24) is 29.7 Å². The number of esters is 1. The number of amides is 3. The van der Waals surface area contributed by atoms with Crippen LogP contribution in [-0.2, 0) is 39.6 Å². The summed E-state index contributed by atoms with van der Waals surface area (Å²) in [7, 11) is 1.63. The maximum atomic E-state index is 13.9. The summed E-state index contributed by atoms with van der Waals surface area (Å²) in [5.74, 6) is 0.326.